The zero-order chi connectivity index (χ0) is 14.4. The average Bonchev–Trinajstić information content (AvgIpc) is 2.94. The van der Waals surface area contributed by atoms with Crippen molar-refractivity contribution in [3.8, 4) is 0 Å². The number of carbonyl (C=O) groups is 1. The normalized spacial score (nSPS) is 22.7. The minimum atomic E-state index is -0.120. The Morgan fingerprint density at radius 2 is 2.10 bits per heavy atom. The van der Waals surface area contributed by atoms with E-state index in [1.807, 2.05) is 6.92 Å². The molecule has 1 aliphatic rings. The molecule has 3 nitrogen and oxygen atoms in total. The van der Waals surface area contributed by atoms with Crippen LogP contribution in [-0.2, 0) is 16.0 Å². The summed E-state index contributed by atoms with van der Waals surface area (Å²) in [6.07, 6.45) is 7.72. The molecular weight excluding hydrogens is 270 g/mol. The Labute approximate surface area is 125 Å². The van der Waals surface area contributed by atoms with Gasteiger partial charge in [0.2, 0.25) is 0 Å². The number of esters is 1. The van der Waals surface area contributed by atoms with E-state index < -0.39 is 0 Å². The number of nitrogens with zero attached hydrogens (tertiary/aromatic N) is 1. The molecule has 1 fully saturated rings. The summed E-state index contributed by atoms with van der Waals surface area (Å²) in [4.78, 5) is 16.1. The zero-order valence-corrected chi connectivity index (χ0v) is 13.4. The van der Waals surface area contributed by atoms with Crippen LogP contribution in [0.2, 0.25) is 0 Å². The summed E-state index contributed by atoms with van der Waals surface area (Å²) in [6, 6.07) is 0. The molecule has 0 unspecified atom stereocenters. The molecule has 0 N–H and O–H groups in total. The van der Waals surface area contributed by atoms with Crippen molar-refractivity contribution in [3.05, 3.63) is 16.1 Å². The highest BCUT2D eigenvalue weighted by Crippen LogP contribution is 2.38. The van der Waals surface area contributed by atoms with Gasteiger partial charge in [0.05, 0.1) is 23.7 Å². The van der Waals surface area contributed by atoms with Gasteiger partial charge in [-0.1, -0.05) is 13.3 Å². The number of rotatable bonds is 6. The van der Waals surface area contributed by atoms with Crippen LogP contribution in [0.1, 0.15) is 69.0 Å². The highest BCUT2D eigenvalue weighted by molar-refractivity contribution is 7.09. The van der Waals surface area contributed by atoms with Crippen molar-refractivity contribution in [1.82, 2.24) is 4.98 Å². The maximum atomic E-state index is 11.3. The lowest BCUT2D eigenvalue weighted by Gasteiger charge is -2.26. The summed E-state index contributed by atoms with van der Waals surface area (Å²) in [5.41, 5.74) is 1.05. The first-order valence-corrected chi connectivity index (χ1v) is 8.70. The number of thiazole rings is 1. The first-order chi connectivity index (χ1) is 9.72. The van der Waals surface area contributed by atoms with Gasteiger partial charge in [0, 0.05) is 17.7 Å². The Bertz CT molecular complexity index is 422. The smallest absolute Gasteiger partial charge is 0.306 e. The van der Waals surface area contributed by atoms with Crippen LogP contribution in [0.15, 0.2) is 5.38 Å². The Balaban J connectivity index is 1.81. The number of hydrogen-bond donors (Lipinski definition) is 0. The van der Waals surface area contributed by atoms with Gasteiger partial charge < -0.3 is 4.74 Å². The predicted molar refractivity (Wildman–Crippen MR) is 82.1 cm³/mol. The van der Waals surface area contributed by atoms with Crippen molar-refractivity contribution < 1.29 is 9.53 Å². The van der Waals surface area contributed by atoms with Crippen LogP contribution in [-0.4, -0.2) is 17.6 Å². The van der Waals surface area contributed by atoms with Gasteiger partial charge in [-0.25, -0.2) is 4.98 Å². The fraction of sp³-hybridized carbons (Fsp3) is 0.750. The van der Waals surface area contributed by atoms with Crippen molar-refractivity contribution in [2.45, 2.75) is 64.7 Å². The SMILES string of the molecule is CCOC(=O)CCc1csc(C2CCC(CC)CC2)n1. The minimum Gasteiger partial charge on any atom is -0.466 e. The first kappa shape index (κ1) is 15.5. The molecule has 1 aliphatic carbocycles. The highest BCUT2D eigenvalue weighted by atomic mass is 32.1. The van der Waals surface area contributed by atoms with Crippen LogP contribution in [0.4, 0.5) is 0 Å². The fourth-order valence-electron chi connectivity index (χ4n) is 2.91. The lowest BCUT2D eigenvalue weighted by atomic mass is 9.81. The average molecular weight is 295 g/mol. The van der Waals surface area contributed by atoms with E-state index in [1.54, 1.807) is 11.3 Å². The van der Waals surface area contributed by atoms with E-state index in [0.717, 1.165) is 11.6 Å². The summed E-state index contributed by atoms with van der Waals surface area (Å²) in [5.74, 6) is 1.46. The molecule has 0 amide bonds. The third-order valence-corrected chi connectivity index (χ3v) is 5.29. The lowest BCUT2D eigenvalue weighted by molar-refractivity contribution is -0.143. The molecule has 4 heteroatoms. The molecule has 0 bridgehead atoms. The highest BCUT2D eigenvalue weighted by Gasteiger charge is 2.23. The van der Waals surface area contributed by atoms with Gasteiger partial charge >= 0.3 is 5.97 Å². The van der Waals surface area contributed by atoms with Crippen LogP contribution >= 0.6 is 11.3 Å². The van der Waals surface area contributed by atoms with E-state index in [9.17, 15) is 4.79 Å². The fourth-order valence-corrected chi connectivity index (χ4v) is 3.93. The second-order valence-corrected chi connectivity index (χ2v) is 6.50. The molecular formula is C16H25NO2S. The van der Waals surface area contributed by atoms with Gasteiger partial charge in [0.25, 0.3) is 0 Å². The van der Waals surface area contributed by atoms with E-state index in [4.69, 9.17) is 9.72 Å². The Morgan fingerprint density at radius 1 is 1.35 bits per heavy atom. The molecule has 2 rings (SSSR count). The molecule has 1 aromatic rings. The van der Waals surface area contributed by atoms with Gasteiger partial charge in [-0.2, -0.15) is 0 Å². The lowest BCUT2D eigenvalue weighted by Crippen LogP contribution is -2.12. The quantitative estimate of drug-likeness (QED) is 0.734. The van der Waals surface area contributed by atoms with Gasteiger partial charge in [0.1, 0.15) is 0 Å². The maximum Gasteiger partial charge on any atom is 0.306 e. The number of aryl methyl sites for hydroxylation is 1. The third kappa shape index (κ3) is 4.30. The number of ether oxygens (including phenoxy) is 1. The molecule has 20 heavy (non-hydrogen) atoms. The van der Waals surface area contributed by atoms with E-state index in [2.05, 4.69) is 12.3 Å². The maximum absolute atomic E-state index is 11.3. The molecule has 1 saturated carbocycles. The van der Waals surface area contributed by atoms with Gasteiger partial charge in [-0.15, -0.1) is 11.3 Å². The molecule has 0 atom stereocenters. The molecule has 1 aromatic heterocycles. The predicted octanol–water partition coefficient (Wildman–Crippen LogP) is 4.32. The summed E-state index contributed by atoms with van der Waals surface area (Å²) < 4.78 is 4.95. The monoisotopic (exact) mass is 295 g/mol. The number of carbonyl (C=O) groups excluding carboxylic acids is 1. The number of hydrogen-bond acceptors (Lipinski definition) is 4. The standard InChI is InChI=1S/C16H25NO2S/c1-3-12-5-7-13(8-6-12)16-17-14(11-20-16)9-10-15(18)19-4-2/h11-13H,3-10H2,1-2H3. The molecule has 0 aromatic carbocycles. The van der Waals surface area contributed by atoms with Gasteiger partial charge in [-0.3, -0.25) is 4.79 Å². The van der Waals surface area contributed by atoms with E-state index in [0.29, 0.717) is 25.4 Å². The van der Waals surface area contributed by atoms with Gasteiger partial charge in [0.15, 0.2) is 0 Å². The summed E-state index contributed by atoms with van der Waals surface area (Å²) in [6.45, 7) is 4.59. The second-order valence-electron chi connectivity index (χ2n) is 5.61. The van der Waals surface area contributed by atoms with Crippen LogP contribution in [0.5, 0.6) is 0 Å². The molecule has 1 heterocycles. The Hall–Kier alpha value is -0.900. The Kier molecular flexibility index (Phi) is 6.02. The summed E-state index contributed by atoms with van der Waals surface area (Å²) >= 11 is 1.77. The zero-order valence-electron chi connectivity index (χ0n) is 12.6. The van der Waals surface area contributed by atoms with Crippen molar-refractivity contribution in [3.63, 3.8) is 0 Å². The van der Waals surface area contributed by atoms with E-state index in [1.165, 1.54) is 37.1 Å². The second kappa shape index (κ2) is 7.77. The van der Waals surface area contributed by atoms with Crippen LogP contribution in [0.25, 0.3) is 0 Å². The van der Waals surface area contributed by atoms with Crippen molar-refractivity contribution in [1.29, 1.82) is 0 Å². The van der Waals surface area contributed by atoms with Crippen molar-refractivity contribution in [2.75, 3.05) is 6.61 Å². The van der Waals surface area contributed by atoms with Crippen molar-refractivity contribution >= 4 is 17.3 Å². The molecule has 0 spiro atoms. The van der Waals surface area contributed by atoms with Crippen LogP contribution in [0.3, 0.4) is 0 Å². The van der Waals surface area contributed by atoms with Crippen LogP contribution < -0.4 is 0 Å². The summed E-state index contributed by atoms with van der Waals surface area (Å²) in [5, 5.41) is 3.39. The van der Waals surface area contributed by atoms with Crippen LogP contribution in [0, 0.1) is 5.92 Å². The Morgan fingerprint density at radius 3 is 2.75 bits per heavy atom. The summed E-state index contributed by atoms with van der Waals surface area (Å²) in [7, 11) is 0. The molecule has 0 radical (unpaired) electrons. The van der Waals surface area contributed by atoms with Crippen molar-refractivity contribution in [2.24, 2.45) is 5.92 Å². The molecule has 0 saturated heterocycles. The van der Waals surface area contributed by atoms with E-state index in [-0.39, 0.29) is 5.97 Å². The molecule has 112 valence electrons. The third-order valence-electron chi connectivity index (χ3n) is 4.23. The topological polar surface area (TPSA) is 39.2 Å². The minimum absolute atomic E-state index is 0.120. The number of aromatic nitrogens is 1. The van der Waals surface area contributed by atoms with Gasteiger partial charge in [-0.05, 0) is 38.5 Å². The molecule has 0 aliphatic heterocycles. The van der Waals surface area contributed by atoms with E-state index >= 15 is 0 Å². The first-order valence-electron chi connectivity index (χ1n) is 7.82. The largest absolute Gasteiger partial charge is 0.466 e.